The lowest BCUT2D eigenvalue weighted by Gasteiger charge is -2.29. The van der Waals surface area contributed by atoms with Gasteiger partial charge >= 0.3 is 0 Å². The third-order valence-corrected chi connectivity index (χ3v) is 4.31. The van der Waals surface area contributed by atoms with E-state index in [9.17, 15) is 19.3 Å². The standard InChI is InChI=1S/C21H17FN2O3/c1-23(21(25)17-8-5-9-19(14-17)24(26)27)20(15-6-3-2-4-7-15)16-10-12-18(22)13-11-16/h2-14,20H,1H3. The highest BCUT2D eigenvalue weighted by Crippen LogP contribution is 2.29. The monoisotopic (exact) mass is 364 g/mol. The number of nitro groups is 1. The number of carbonyl (C=O) groups excluding carboxylic acids is 1. The molecule has 1 atom stereocenters. The summed E-state index contributed by atoms with van der Waals surface area (Å²) in [4.78, 5) is 25.0. The SMILES string of the molecule is CN(C(=O)c1cccc([N+](=O)[O-])c1)C(c1ccccc1)c1ccc(F)cc1. The van der Waals surface area contributed by atoms with Crippen molar-refractivity contribution in [3.05, 3.63) is 111 Å². The van der Waals surface area contributed by atoms with Gasteiger partial charge in [0.15, 0.2) is 0 Å². The van der Waals surface area contributed by atoms with Crippen molar-refractivity contribution >= 4 is 11.6 Å². The third-order valence-electron chi connectivity index (χ3n) is 4.31. The van der Waals surface area contributed by atoms with Crippen LogP contribution in [0.2, 0.25) is 0 Å². The second-order valence-corrected chi connectivity index (χ2v) is 6.09. The van der Waals surface area contributed by atoms with Crippen molar-refractivity contribution in [2.75, 3.05) is 7.05 Å². The van der Waals surface area contributed by atoms with E-state index in [4.69, 9.17) is 0 Å². The lowest BCUT2D eigenvalue weighted by Crippen LogP contribution is -2.32. The van der Waals surface area contributed by atoms with E-state index in [0.717, 1.165) is 11.1 Å². The van der Waals surface area contributed by atoms with Gasteiger partial charge in [0.1, 0.15) is 5.82 Å². The summed E-state index contributed by atoms with van der Waals surface area (Å²) < 4.78 is 13.4. The Bertz CT molecular complexity index is 959. The van der Waals surface area contributed by atoms with E-state index in [-0.39, 0.29) is 23.0 Å². The number of halogens is 1. The van der Waals surface area contributed by atoms with E-state index >= 15 is 0 Å². The normalized spacial score (nSPS) is 11.6. The van der Waals surface area contributed by atoms with Crippen molar-refractivity contribution in [3.63, 3.8) is 0 Å². The van der Waals surface area contributed by atoms with E-state index in [0.29, 0.717) is 0 Å². The first-order valence-electron chi connectivity index (χ1n) is 8.29. The zero-order chi connectivity index (χ0) is 19.4. The number of nitrogens with zero attached hydrogens (tertiary/aromatic N) is 2. The highest BCUT2D eigenvalue weighted by Gasteiger charge is 2.25. The molecule has 3 rings (SSSR count). The number of non-ortho nitro benzene ring substituents is 1. The molecule has 0 N–H and O–H groups in total. The van der Waals surface area contributed by atoms with Crippen molar-refractivity contribution in [3.8, 4) is 0 Å². The first kappa shape index (κ1) is 18.3. The Morgan fingerprint density at radius 3 is 2.22 bits per heavy atom. The lowest BCUT2D eigenvalue weighted by molar-refractivity contribution is -0.384. The van der Waals surface area contributed by atoms with Crippen LogP contribution in [0.3, 0.4) is 0 Å². The molecule has 136 valence electrons. The van der Waals surface area contributed by atoms with Gasteiger partial charge in [0.25, 0.3) is 11.6 Å². The van der Waals surface area contributed by atoms with Gasteiger partial charge in [0.2, 0.25) is 0 Å². The van der Waals surface area contributed by atoms with Crippen LogP contribution < -0.4 is 0 Å². The summed E-state index contributed by atoms with van der Waals surface area (Å²) in [7, 11) is 1.63. The summed E-state index contributed by atoms with van der Waals surface area (Å²) >= 11 is 0. The van der Waals surface area contributed by atoms with Gasteiger partial charge in [-0.3, -0.25) is 14.9 Å². The van der Waals surface area contributed by atoms with Crippen LogP contribution in [0.4, 0.5) is 10.1 Å². The van der Waals surface area contributed by atoms with Crippen molar-refractivity contribution in [1.82, 2.24) is 4.90 Å². The van der Waals surface area contributed by atoms with Crippen molar-refractivity contribution in [1.29, 1.82) is 0 Å². The molecule has 1 amide bonds. The summed E-state index contributed by atoms with van der Waals surface area (Å²) in [5, 5.41) is 11.0. The molecule has 0 spiro atoms. The smallest absolute Gasteiger partial charge is 0.270 e. The summed E-state index contributed by atoms with van der Waals surface area (Å²) in [6.45, 7) is 0. The number of nitro benzene ring substituents is 1. The Hall–Kier alpha value is -3.54. The van der Waals surface area contributed by atoms with Crippen LogP contribution in [0.15, 0.2) is 78.9 Å². The van der Waals surface area contributed by atoms with Crippen LogP contribution in [-0.2, 0) is 0 Å². The van der Waals surface area contributed by atoms with E-state index in [1.165, 1.54) is 35.2 Å². The minimum atomic E-state index is -0.536. The molecule has 27 heavy (non-hydrogen) atoms. The molecule has 0 aliphatic carbocycles. The Balaban J connectivity index is 2.01. The van der Waals surface area contributed by atoms with Gasteiger partial charge in [-0.1, -0.05) is 48.5 Å². The van der Waals surface area contributed by atoms with Gasteiger partial charge < -0.3 is 4.90 Å². The molecule has 3 aromatic carbocycles. The van der Waals surface area contributed by atoms with E-state index in [1.54, 1.807) is 25.2 Å². The predicted molar refractivity (Wildman–Crippen MR) is 99.9 cm³/mol. The molecule has 0 saturated carbocycles. The number of hydrogen-bond acceptors (Lipinski definition) is 3. The average Bonchev–Trinajstić information content (AvgIpc) is 2.70. The molecule has 0 bridgehead atoms. The molecule has 0 aliphatic heterocycles. The maximum absolute atomic E-state index is 13.4. The Morgan fingerprint density at radius 1 is 0.963 bits per heavy atom. The molecule has 3 aromatic rings. The second kappa shape index (κ2) is 7.78. The van der Waals surface area contributed by atoms with Gasteiger partial charge in [-0.25, -0.2) is 4.39 Å². The van der Waals surface area contributed by atoms with Gasteiger partial charge in [0.05, 0.1) is 11.0 Å². The highest BCUT2D eigenvalue weighted by atomic mass is 19.1. The summed E-state index contributed by atoms with van der Waals surface area (Å²) in [6, 6.07) is 20.4. The zero-order valence-electron chi connectivity index (χ0n) is 14.6. The number of hydrogen-bond donors (Lipinski definition) is 0. The van der Waals surface area contributed by atoms with Crippen molar-refractivity contribution < 1.29 is 14.1 Å². The van der Waals surface area contributed by atoms with E-state index in [2.05, 4.69) is 0 Å². The first-order valence-corrected chi connectivity index (χ1v) is 8.29. The molecule has 5 nitrogen and oxygen atoms in total. The number of benzene rings is 3. The fourth-order valence-corrected chi connectivity index (χ4v) is 2.99. The van der Waals surface area contributed by atoms with Gasteiger partial charge in [-0.05, 0) is 29.3 Å². The summed E-state index contributed by atoms with van der Waals surface area (Å²) in [5.41, 5.74) is 1.66. The Kier molecular flexibility index (Phi) is 5.26. The molecular weight excluding hydrogens is 347 g/mol. The maximum Gasteiger partial charge on any atom is 0.270 e. The predicted octanol–water partition coefficient (Wildman–Crippen LogP) is 4.60. The van der Waals surface area contributed by atoms with Crippen LogP contribution in [0, 0.1) is 15.9 Å². The fourth-order valence-electron chi connectivity index (χ4n) is 2.99. The highest BCUT2D eigenvalue weighted by molar-refractivity contribution is 5.95. The second-order valence-electron chi connectivity index (χ2n) is 6.09. The summed E-state index contributed by atoms with van der Waals surface area (Å²) in [6.07, 6.45) is 0. The molecule has 0 aromatic heterocycles. The average molecular weight is 364 g/mol. The van der Waals surface area contributed by atoms with Crippen LogP contribution in [-0.4, -0.2) is 22.8 Å². The Labute approximate surface area is 155 Å². The fraction of sp³-hybridized carbons (Fsp3) is 0.0952. The summed E-state index contributed by atoms with van der Waals surface area (Å²) in [5.74, 6) is -0.727. The third kappa shape index (κ3) is 4.00. The minimum Gasteiger partial charge on any atom is -0.331 e. The molecule has 1 unspecified atom stereocenters. The topological polar surface area (TPSA) is 63.5 Å². The Morgan fingerprint density at radius 2 is 1.59 bits per heavy atom. The molecule has 6 heteroatoms. The van der Waals surface area contributed by atoms with Gasteiger partial charge in [-0.2, -0.15) is 0 Å². The minimum absolute atomic E-state index is 0.146. The maximum atomic E-state index is 13.4. The lowest BCUT2D eigenvalue weighted by atomic mass is 9.96. The molecule has 0 fully saturated rings. The zero-order valence-corrected chi connectivity index (χ0v) is 14.6. The number of amides is 1. The van der Waals surface area contributed by atoms with Crippen LogP contribution in [0.5, 0.6) is 0 Å². The van der Waals surface area contributed by atoms with Crippen LogP contribution in [0.1, 0.15) is 27.5 Å². The van der Waals surface area contributed by atoms with Crippen molar-refractivity contribution in [2.24, 2.45) is 0 Å². The molecule has 0 radical (unpaired) electrons. The molecule has 0 saturated heterocycles. The van der Waals surface area contributed by atoms with Crippen LogP contribution in [0.25, 0.3) is 0 Å². The number of carbonyl (C=O) groups is 1. The van der Waals surface area contributed by atoms with E-state index < -0.39 is 11.0 Å². The van der Waals surface area contributed by atoms with Crippen molar-refractivity contribution in [2.45, 2.75) is 6.04 Å². The largest absolute Gasteiger partial charge is 0.331 e. The molecular formula is C21H17FN2O3. The van der Waals surface area contributed by atoms with Gasteiger partial charge in [0, 0.05) is 24.7 Å². The van der Waals surface area contributed by atoms with E-state index in [1.807, 2.05) is 30.3 Å². The first-order chi connectivity index (χ1) is 13.0. The quantitative estimate of drug-likeness (QED) is 0.491. The molecule has 0 aliphatic rings. The van der Waals surface area contributed by atoms with Crippen LogP contribution >= 0.6 is 0 Å². The van der Waals surface area contributed by atoms with Gasteiger partial charge in [-0.15, -0.1) is 0 Å². The molecule has 0 heterocycles. The number of rotatable bonds is 5.